The maximum Gasteiger partial charge on any atom is 0.314 e. The second-order valence-electron chi connectivity index (χ2n) is 2.90. The first-order chi connectivity index (χ1) is 5.34. The average molecular weight is 195 g/mol. The van der Waals surface area contributed by atoms with Crippen molar-refractivity contribution in [2.45, 2.75) is 19.8 Å². The average Bonchev–Trinajstić information content (AvgIpc) is 2.07. The Morgan fingerprint density at radius 1 is 1.67 bits per heavy atom. The highest BCUT2D eigenvalue weighted by Crippen LogP contribution is 2.07. The van der Waals surface area contributed by atoms with Crippen molar-refractivity contribution in [3.8, 4) is 0 Å². The first-order valence-electron chi connectivity index (χ1n) is 4.33. The van der Waals surface area contributed by atoms with E-state index in [2.05, 4.69) is 5.32 Å². The largest absolute Gasteiger partial charge is 0.466 e. The molecular weight excluding hydrogens is 178 g/mol. The molecule has 1 saturated heterocycles. The molecule has 0 aromatic rings. The van der Waals surface area contributed by atoms with E-state index >= 15 is 0 Å². The van der Waals surface area contributed by atoms with Gasteiger partial charge < -0.3 is 10.1 Å². The summed E-state index contributed by atoms with van der Waals surface area (Å²) in [5.41, 5.74) is 0. The van der Waals surface area contributed by atoms with E-state index in [1.165, 1.54) is 0 Å². The van der Waals surface area contributed by atoms with Gasteiger partial charge in [0.05, 0.1) is 19.7 Å². The second-order valence-corrected chi connectivity index (χ2v) is 2.90. The quantitative estimate of drug-likeness (QED) is 0.627. The molecule has 0 aliphatic carbocycles. The van der Waals surface area contributed by atoms with Crippen molar-refractivity contribution in [1.82, 2.24) is 0 Å². The third kappa shape index (κ3) is 3.41. The standard InChI is InChI=1S/C8H15NO2.ClH/c1-2-11-8(10)7-4-3-5-9-6-7;/h7,9H,2-6H2,1H3;1H/p+1. The lowest BCUT2D eigenvalue weighted by atomic mass is 10.0. The van der Waals surface area contributed by atoms with E-state index < -0.39 is 0 Å². The van der Waals surface area contributed by atoms with E-state index in [0.717, 1.165) is 25.9 Å². The number of hydrogen-bond acceptors (Lipinski definition) is 2. The Balaban J connectivity index is 0.00000121. The van der Waals surface area contributed by atoms with Crippen molar-refractivity contribution in [2.75, 3.05) is 19.7 Å². The molecule has 72 valence electrons. The third-order valence-corrected chi connectivity index (χ3v) is 2.03. The molecule has 0 amide bonds. The molecule has 1 atom stereocenters. The summed E-state index contributed by atoms with van der Waals surface area (Å²) in [6, 6.07) is 0. The molecule has 4 heteroatoms. The summed E-state index contributed by atoms with van der Waals surface area (Å²) in [5, 5.41) is 2.19. The topological polar surface area (TPSA) is 42.9 Å². The number of carbonyl (C=O) groups excluding carboxylic acids is 1. The van der Waals surface area contributed by atoms with Gasteiger partial charge >= 0.3 is 5.97 Å². The SMILES string of the molecule is CCOC(=O)C1CCC[NH2+]C1.Cl. The predicted molar refractivity (Wildman–Crippen MR) is 48.3 cm³/mol. The maximum absolute atomic E-state index is 11.2. The summed E-state index contributed by atoms with van der Waals surface area (Å²) in [6.07, 6.45) is 2.15. The Morgan fingerprint density at radius 2 is 2.42 bits per heavy atom. The molecule has 1 aliphatic rings. The zero-order chi connectivity index (χ0) is 8.10. The molecule has 0 bridgehead atoms. The lowest BCUT2D eigenvalue weighted by molar-refractivity contribution is -0.666. The number of quaternary nitrogens is 1. The number of hydrogen-bond donors (Lipinski definition) is 1. The van der Waals surface area contributed by atoms with E-state index in [4.69, 9.17) is 4.74 Å². The van der Waals surface area contributed by atoms with Gasteiger partial charge in [-0.1, -0.05) is 0 Å². The number of nitrogens with two attached hydrogens (primary N) is 1. The minimum absolute atomic E-state index is 0. The molecule has 1 unspecified atom stereocenters. The van der Waals surface area contributed by atoms with Crippen molar-refractivity contribution in [3.63, 3.8) is 0 Å². The molecule has 3 nitrogen and oxygen atoms in total. The van der Waals surface area contributed by atoms with Gasteiger partial charge in [-0.2, -0.15) is 0 Å². The first-order valence-corrected chi connectivity index (χ1v) is 4.33. The number of esters is 1. The van der Waals surface area contributed by atoms with Gasteiger partial charge in [0.25, 0.3) is 0 Å². The van der Waals surface area contributed by atoms with Crippen LogP contribution in [0, 0.1) is 5.92 Å². The van der Waals surface area contributed by atoms with Crippen LogP contribution in [-0.2, 0) is 9.53 Å². The highest BCUT2D eigenvalue weighted by Gasteiger charge is 2.24. The fourth-order valence-electron chi connectivity index (χ4n) is 1.42. The number of carbonyl (C=O) groups is 1. The molecule has 1 fully saturated rings. The van der Waals surface area contributed by atoms with Crippen LogP contribution < -0.4 is 5.32 Å². The smallest absolute Gasteiger partial charge is 0.314 e. The van der Waals surface area contributed by atoms with Gasteiger partial charge in [-0.05, 0) is 19.8 Å². The lowest BCUT2D eigenvalue weighted by Gasteiger charge is -2.17. The van der Waals surface area contributed by atoms with E-state index in [1.807, 2.05) is 6.92 Å². The van der Waals surface area contributed by atoms with Crippen LogP contribution >= 0.6 is 12.4 Å². The van der Waals surface area contributed by atoms with E-state index in [1.54, 1.807) is 0 Å². The van der Waals surface area contributed by atoms with Crippen molar-refractivity contribution < 1.29 is 14.8 Å². The molecule has 0 aromatic heterocycles. The van der Waals surface area contributed by atoms with Crippen molar-refractivity contribution in [1.29, 1.82) is 0 Å². The summed E-state index contributed by atoms with van der Waals surface area (Å²) < 4.78 is 4.92. The molecule has 0 radical (unpaired) electrons. The Kier molecular flexibility index (Phi) is 6.11. The lowest BCUT2D eigenvalue weighted by Crippen LogP contribution is -2.87. The van der Waals surface area contributed by atoms with Crippen LogP contribution in [0.1, 0.15) is 19.8 Å². The summed E-state index contributed by atoms with van der Waals surface area (Å²) in [7, 11) is 0. The Labute approximate surface area is 79.3 Å². The molecule has 1 aliphatic heterocycles. The van der Waals surface area contributed by atoms with Gasteiger partial charge in [0.2, 0.25) is 0 Å². The van der Waals surface area contributed by atoms with Gasteiger partial charge in [-0.25, -0.2) is 0 Å². The van der Waals surface area contributed by atoms with Crippen molar-refractivity contribution in [3.05, 3.63) is 0 Å². The number of halogens is 1. The summed E-state index contributed by atoms with van der Waals surface area (Å²) in [4.78, 5) is 11.2. The predicted octanol–water partition coefficient (Wildman–Crippen LogP) is -0.0553. The van der Waals surface area contributed by atoms with Crippen LogP contribution in [0.15, 0.2) is 0 Å². The van der Waals surface area contributed by atoms with Gasteiger partial charge in [0.1, 0.15) is 5.92 Å². The zero-order valence-electron chi connectivity index (χ0n) is 7.41. The minimum atomic E-state index is -0.0107. The second kappa shape index (κ2) is 6.26. The van der Waals surface area contributed by atoms with Crippen LogP contribution in [0.5, 0.6) is 0 Å². The van der Waals surface area contributed by atoms with Crippen LogP contribution in [0.4, 0.5) is 0 Å². The molecule has 12 heavy (non-hydrogen) atoms. The molecule has 0 aromatic carbocycles. The fourth-order valence-corrected chi connectivity index (χ4v) is 1.42. The molecular formula is C8H17ClNO2+. The van der Waals surface area contributed by atoms with Crippen LogP contribution in [0.25, 0.3) is 0 Å². The zero-order valence-corrected chi connectivity index (χ0v) is 8.23. The number of rotatable bonds is 2. The van der Waals surface area contributed by atoms with Crippen molar-refractivity contribution >= 4 is 18.4 Å². The van der Waals surface area contributed by atoms with Crippen LogP contribution in [0.3, 0.4) is 0 Å². The van der Waals surface area contributed by atoms with Crippen molar-refractivity contribution in [2.24, 2.45) is 5.92 Å². The summed E-state index contributed by atoms with van der Waals surface area (Å²) in [5.74, 6) is 0.146. The normalized spacial score (nSPS) is 22.6. The Hall–Kier alpha value is -0.280. The minimum Gasteiger partial charge on any atom is -0.466 e. The summed E-state index contributed by atoms with van der Waals surface area (Å²) in [6.45, 7) is 4.44. The summed E-state index contributed by atoms with van der Waals surface area (Å²) >= 11 is 0. The Bertz CT molecular complexity index is 135. The van der Waals surface area contributed by atoms with Gasteiger partial charge in [0.15, 0.2) is 0 Å². The van der Waals surface area contributed by atoms with E-state index in [0.29, 0.717) is 6.61 Å². The number of ether oxygens (including phenoxy) is 1. The van der Waals surface area contributed by atoms with Gasteiger partial charge in [-0.15, -0.1) is 12.4 Å². The third-order valence-electron chi connectivity index (χ3n) is 2.03. The molecule has 1 heterocycles. The van der Waals surface area contributed by atoms with Gasteiger partial charge in [0, 0.05) is 0 Å². The molecule has 2 N–H and O–H groups in total. The molecule has 0 spiro atoms. The number of piperidine rings is 1. The fraction of sp³-hybridized carbons (Fsp3) is 0.875. The maximum atomic E-state index is 11.2. The highest BCUT2D eigenvalue weighted by atomic mass is 35.5. The Morgan fingerprint density at radius 3 is 2.92 bits per heavy atom. The van der Waals surface area contributed by atoms with Crippen LogP contribution in [-0.4, -0.2) is 25.7 Å². The van der Waals surface area contributed by atoms with Crippen LogP contribution in [0.2, 0.25) is 0 Å². The monoisotopic (exact) mass is 194 g/mol. The highest BCUT2D eigenvalue weighted by molar-refractivity contribution is 5.85. The van der Waals surface area contributed by atoms with E-state index in [9.17, 15) is 4.79 Å². The molecule has 0 saturated carbocycles. The van der Waals surface area contributed by atoms with Gasteiger partial charge in [-0.3, -0.25) is 4.79 Å². The molecule has 1 rings (SSSR count). The first kappa shape index (κ1) is 11.7. The van der Waals surface area contributed by atoms with E-state index in [-0.39, 0.29) is 24.3 Å².